The van der Waals surface area contributed by atoms with Crippen molar-refractivity contribution in [3.05, 3.63) is 29.8 Å². The maximum absolute atomic E-state index is 6.11. The zero-order valence-electron chi connectivity index (χ0n) is 17.8. The van der Waals surface area contributed by atoms with Crippen LogP contribution in [0.25, 0.3) is 0 Å². The van der Waals surface area contributed by atoms with E-state index in [9.17, 15) is 0 Å². The monoisotopic (exact) mass is 362 g/mol. The summed E-state index contributed by atoms with van der Waals surface area (Å²) in [5.41, 5.74) is 1.86. The second-order valence-corrected chi connectivity index (χ2v) is 8.94. The summed E-state index contributed by atoms with van der Waals surface area (Å²) in [7, 11) is 0. The lowest BCUT2D eigenvalue weighted by Gasteiger charge is -2.48. The molecule has 3 nitrogen and oxygen atoms in total. The Kier molecular flexibility index (Phi) is 7.54. The molecule has 0 saturated carbocycles. The molecule has 1 heterocycles. The highest BCUT2D eigenvalue weighted by Crippen LogP contribution is 2.47. The number of hydrogen-bond acceptors (Lipinski definition) is 2. The van der Waals surface area contributed by atoms with Crippen molar-refractivity contribution in [2.45, 2.75) is 85.5 Å². The smallest absolute Gasteiger partial charge is 0.119 e. The second kappa shape index (κ2) is 9.23. The third-order valence-electron chi connectivity index (χ3n) is 6.27. The molecule has 1 fully saturated rings. The topological polar surface area (TPSA) is 35.1 Å². The molecule has 1 aromatic carbocycles. The van der Waals surface area contributed by atoms with Gasteiger partial charge in [0.2, 0.25) is 0 Å². The van der Waals surface area contributed by atoms with Gasteiger partial charge in [-0.2, -0.15) is 0 Å². The molecule has 3 heteroatoms. The fourth-order valence-electron chi connectivity index (χ4n) is 4.24. The van der Waals surface area contributed by atoms with E-state index in [-0.39, 0.29) is 11.7 Å². The van der Waals surface area contributed by atoms with Crippen molar-refractivity contribution >= 4 is 0 Å². The third-order valence-corrected chi connectivity index (χ3v) is 6.27. The van der Waals surface area contributed by atoms with Crippen LogP contribution in [0.15, 0.2) is 24.3 Å². The van der Waals surface area contributed by atoms with Gasteiger partial charge in [0, 0.05) is 18.6 Å². The van der Waals surface area contributed by atoms with Crippen LogP contribution in [-0.2, 0) is 11.3 Å². The maximum Gasteiger partial charge on any atom is 0.119 e. The van der Waals surface area contributed by atoms with Gasteiger partial charge < -0.3 is 14.8 Å². The predicted octanol–water partition coefficient (Wildman–Crippen LogP) is 4.55. The molecular formula is C23H40NO2+. The number of ether oxygens (including phenoxy) is 2. The fourth-order valence-corrected chi connectivity index (χ4v) is 4.24. The van der Waals surface area contributed by atoms with Crippen molar-refractivity contribution < 1.29 is 14.8 Å². The van der Waals surface area contributed by atoms with E-state index in [1.54, 1.807) is 0 Å². The van der Waals surface area contributed by atoms with E-state index < -0.39 is 0 Å². The molecule has 1 saturated heterocycles. The van der Waals surface area contributed by atoms with Gasteiger partial charge in [-0.1, -0.05) is 20.8 Å². The van der Waals surface area contributed by atoms with Gasteiger partial charge in [0.25, 0.3) is 0 Å². The molecule has 1 aliphatic heterocycles. The molecule has 0 spiro atoms. The Morgan fingerprint density at radius 1 is 1.15 bits per heavy atom. The molecule has 2 N–H and O–H groups in total. The number of benzene rings is 1. The van der Waals surface area contributed by atoms with Gasteiger partial charge in [0.1, 0.15) is 12.3 Å². The zero-order valence-corrected chi connectivity index (χ0v) is 17.8. The van der Waals surface area contributed by atoms with Crippen LogP contribution in [0.1, 0.15) is 72.8 Å². The quantitative estimate of drug-likeness (QED) is 0.654. The molecule has 0 aliphatic carbocycles. The highest BCUT2D eigenvalue weighted by molar-refractivity contribution is 5.26. The first-order valence-electron chi connectivity index (χ1n) is 10.5. The number of hydrogen-bond donors (Lipinski definition) is 1. The molecule has 148 valence electrons. The lowest BCUT2D eigenvalue weighted by Crippen LogP contribution is -2.83. The molecule has 0 aromatic heterocycles. The van der Waals surface area contributed by atoms with Crippen molar-refractivity contribution in [3.63, 3.8) is 0 Å². The highest BCUT2D eigenvalue weighted by atomic mass is 16.5. The van der Waals surface area contributed by atoms with E-state index in [1.165, 1.54) is 31.4 Å². The van der Waals surface area contributed by atoms with Crippen molar-refractivity contribution in [1.82, 2.24) is 0 Å². The van der Waals surface area contributed by atoms with Crippen LogP contribution in [0.3, 0.4) is 0 Å². The van der Waals surface area contributed by atoms with Crippen LogP contribution < -0.4 is 10.1 Å². The van der Waals surface area contributed by atoms with Crippen molar-refractivity contribution in [3.8, 4) is 5.75 Å². The minimum absolute atomic E-state index is 0.0643. The first-order chi connectivity index (χ1) is 12.3. The predicted molar refractivity (Wildman–Crippen MR) is 108 cm³/mol. The Labute approximate surface area is 160 Å². The van der Waals surface area contributed by atoms with Crippen LogP contribution in [0.2, 0.25) is 0 Å². The van der Waals surface area contributed by atoms with Gasteiger partial charge in [-0.3, -0.25) is 0 Å². The van der Waals surface area contributed by atoms with E-state index in [1.807, 2.05) is 0 Å². The molecule has 0 amide bonds. The molecule has 0 radical (unpaired) electrons. The second-order valence-electron chi connectivity index (χ2n) is 8.94. The molecule has 0 unspecified atom stereocenters. The standard InChI is InChI=1S/C23H39NO2/c1-7-22(6)17-23(18(2)3,13-15-25-22)12-14-24-16-20-8-10-21(11-9-20)26-19(4)5/h8-11,18-19,24H,7,12-17H2,1-6H3/p+1/t22-,23-/m0/s1. The molecular weight excluding hydrogens is 322 g/mol. The van der Waals surface area contributed by atoms with E-state index >= 15 is 0 Å². The Bertz CT molecular complexity index is 540. The lowest BCUT2D eigenvalue weighted by atomic mass is 9.64. The van der Waals surface area contributed by atoms with Crippen LogP contribution in [-0.4, -0.2) is 24.9 Å². The Hall–Kier alpha value is -1.06. The summed E-state index contributed by atoms with van der Waals surface area (Å²) in [6, 6.07) is 8.55. The first-order valence-corrected chi connectivity index (χ1v) is 10.5. The number of quaternary nitrogens is 1. The summed E-state index contributed by atoms with van der Waals surface area (Å²) in [6.45, 7) is 16.6. The Balaban J connectivity index is 1.85. The summed E-state index contributed by atoms with van der Waals surface area (Å²) < 4.78 is 11.8. The van der Waals surface area contributed by atoms with Gasteiger partial charge >= 0.3 is 0 Å². The van der Waals surface area contributed by atoms with Gasteiger partial charge in [0.05, 0.1) is 18.2 Å². The average Bonchev–Trinajstić information content (AvgIpc) is 2.59. The van der Waals surface area contributed by atoms with Crippen molar-refractivity contribution in [1.29, 1.82) is 0 Å². The van der Waals surface area contributed by atoms with Crippen LogP contribution in [0, 0.1) is 11.3 Å². The van der Waals surface area contributed by atoms with E-state index in [0.29, 0.717) is 11.3 Å². The van der Waals surface area contributed by atoms with Gasteiger partial charge in [-0.25, -0.2) is 0 Å². The molecule has 2 rings (SSSR count). The minimum Gasteiger partial charge on any atom is -0.491 e. The molecule has 26 heavy (non-hydrogen) atoms. The fraction of sp³-hybridized carbons (Fsp3) is 0.739. The normalized spacial score (nSPS) is 26.5. The van der Waals surface area contributed by atoms with Gasteiger partial charge in [-0.15, -0.1) is 0 Å². The molecule has 1 aromatic rings. The van der Waals surface area contributed by atoms with Crippen molar-refractivity contribution in [2.24, 2.45) is 11.3 Å². The van der Waals surface area contributed by atoms with Gasteiger partial charge in [-0.05, 0) is 75.6 Å². The van der Waals surface area contributed by atoms with Crippen LogP contribution in [0.5, 0.6) is 5.75 Å². The minimum atomic E-state index is 0.0643. The SMILES string of the molecule is CC[C@@]1(C)C[C@@](CC[NH2+]Cc2ccc(OC(C)C)cc2)(C(C)C)CCO1. The molecule has 1 aliphatic rings. The summed E-state index contributed by atoms with van der Waals surface area (Å²) >= 11 is 0. The third kappa shape index (κ3) is 5.72. The summed E-state index contributed by atoms with van der Waals surface area (Å²) in [5.74, 6) is 1.67. The Morgan fingerprint density at radius 3 is 2.42 bits per heavy atom. The summed E-state index contributed by atoms with van der Waals surface area (Å²) in [4.78, 5) is 0. The number of rotatable bonds is 9. The molecule has 2 atom stereocenters. The lowest BCUT2D eigenvalue weighted by molar-refractivity contribution is -0.672. The van der Waals surface area contributed by atoms with Crippen LogP contribution in [0.4, 0.5) is 0 Å². The first kappa shape index (κ1) is 21.2. The summed E-state index contributed by atoms with van der Waals surface area (Å²) in [6.07, 6.45) is 5.01. The summed E-state index contributed by atoms with van der Waals surface area (Å²) in [5, 5.41) is 2.46. The average molecular weight is 363 g/mol. The maximum atomic E-state index is 6.11. The number of nitrogens with two attached hydrogens (primary N) is 1. The van der Waals surface area contributed by atoms with E-state index in [2.05, 4.69) is 71.1 Å². The van der Waals surface area contributed by atoms with E-state index in [0.717, 1.165) is 25.3 Å². The van der Waals surface area contributed by atoms with E-state index in [4.69, 9.17) is 9.47 Å². The highest BCUT2D eigenvalue weighted by Gasteiger charge is 2.44. The molecule has 0 bridgehead atoms. The van der Waals surface area contributed by atoms with Crippen LogP contribution >= 0.6 is 0 Å². The van der Waals surface area contributed by atoms with Gasteiger partial charge in [0.15, 0.2) is 0 Å². The van der Waals surface area contributed by atoms with Crippen molar-refractivity contribution in [2.75, 3.05) is 13.2 Å². The zero-order chi connectivity index (χ0) is 19.2. The Morgan fingerprint density at radius 2 is 1.85 bits per heavy atom. The largest absolute Gasteiger partial charge is 0.491 e.